The smallest absolute Gasteiger partial charge is 0.171 e. The van der Waals surface area contributed by atoms with E-state index in [1.165, 1.54) is 12.8 Å². The molecule has 0 atom stereocenters. The summed E-state index contributed by atoms with van der Waals surface area (Å²) in [6.45, 7) is 23.3. The van der Waals surface area contributed by atoms with Gasteiger partial charge >= 0.3 is 6.18 Å². The predicted octanol–water partition coefficient (Wildman–Crippen LogP) is 8.12. The first kappa shape index (κ1) is 26.7. The first-order chi connectivity index (χ1) is 9.19. The SMILES string of the molecule is CC(C)(C)C.CC(C)(C)C(F)(F)F.CC(C)C.CC1(C)CC1. The molecule has 1 rings (SSSR count). The molecule has 0 bridgehead atoms. The van der Waals surface area contributed by atoms with Crippen LogP contribution in [0.15, 0.2) is 0 Å². The lowest BCUT2D eigenvalue weighted by molar-refractivity contribution is -0.204. The van der Waals surface area contributed by atoms with Crippen molar-refractivity contribution < 1.29 is 13.2 Å². The normalized spacial score (nSPS) is 16.4. The lowest BCUT2D eigenvalue weighted by atomic mass is 9.96. The summed E-state index contributed by atoms with van der Waals surface area (Å²) in [5, 5.41) is 0. The summed E-state index contributed by atoms with van der Waals surface area (Å²) in [6.07, 6.45) is -1.16. The standard InChI is InChI=1S/C5H9F3.C5H10.C5H12.C4H10/c1-4(2,3)5(6,7)8;1-5(2)3-4-5;1-5(2,3)4;1-4(2)3/h1-3H3;3-4H2,1-2H3;1-4H3;4H,1-3H3. The molecule has 0 unspecified atom stereocenters. The Labute approximate surface area is 138 Å². The maximum Gasteiger partial charge on any atom is 0.393 e. The van der Waals surface area contributed by atoms with E-state index in [2.05, 4.69) is 62.3 Å². The van der Waals surface area contributed by atoms with Crippen LogP contribution in [0.2, 0.25) is 0 Å². The third-order valence-corrected chi connectivity index (χ3v) is 2.10. The molecule has 138 valence electrons. The van der Waals surface area contributed by atoms with Gasteiger partial charge in [0.1, 0.15) is 0 Å². The lowest BCUT2D eigenvalue weighted by Crippen LogP contribution is -2.28. The van der Waals surface area contributed by atoms with Crippen LogP contribution >= 0.6 is 0 Å². The molecular formula is C19H41F3. The zero-order valence-electron chi connectivity index (χ0n) is 17.1. The highest BCUT2D eigenvalue weighted by Crippen LogP contribution is 2.43. The Balaban J connectivity index is -0.000000227. The van der Waals surface area contributed by atoms with Crippen LogP contribution in [-0.4, -0.2) is 6.18 Å². The maximum atomic E-state index is 11.6. The fourth-order valence-electron chi connectivity index (χ4n) is 0.250. The van der Waals surface area contributed by atoms with Gasteiger partial charge in [0.15, 0.2) is 0 Å². The molecule has 1 aliphatic carbocycles. The van der Waals surface area contributed by atoms with E-state index in [0.717, 1.165) is 32.1 Å². The van der Waals surface area contributed by atoms with Crippen LogP contribution in [0, 0.1) is 22.2 Å². The summed E-state index contributed by atoms with van der Waals surface area (Å²) >= 11 is 0. The summed E-state index contributed by atoms with van der Waals surface area (Å²) < 4.78 is 34.7. The van der Waals surface area contributed by atoms with Crippen LogP contribution in [0.4, 0.5) is 13.2 Å². The van der Waals surface area contributed by atoms with Crippen molar-refractivity contribution >= 4 is 0 Å². The van der Waals surface area contributed by atoms with Gasteiger partial charge in [0.25, 0.3) is 0 Å². The summed E-state index contributed by atoms with van der Waals surface area (Å²) in [5.74, 6) is 0.833. The second kappa shape index (κ2) is 9.82. The molecule has 0 N–H and O–H groups in total. The molecule has 0 nitrogen and oxygen atoms in total. The fourth-order valence-corrected chi connectivity index (χ4v) is 0.250. The van der Waals surface area contributed by atoms with Crippen LogP contribution in [0.5, 0.6) is 0 Å². The largest absolute Gasteiger partial charge is 0.393 e. The summed E-state index contributed by atoms with van der Waals surface area (Å²) in [4.78, 5) is 0. The highest BCUT2D eigenvalue weighted by atomic mass is 19.4. The Morgan fingerprint density at radius 2 is 0.818 bits per heavy atom. The summed E-state index contributed by atoms with van der Waals surface area (Å²) in [7, 11) is 0. The monoisotopic (exact) mass is 326 g/mol. The van der Waals surface area contributed by atoms with Gasteiger partial charge in [-0.1, -0.05) is 83.1 Å². The van der Waals surface area contributed by atoms with Gasteiger partial charge in [-0.3, -0.25) is 0 Å². The van der Waals surface area contributed by atoms with Crippen molar-refractivity contribution in [1.29, 1.82) is 0 Å². The Morgan fingerprint density at radius 3 is 0.818 bits per heavy atom. The second-order valence-corrected chi connectivity index (χ2v) is 10.1. The molecule has 1 aliphatic rings. The zero-order valence-corrected chi connectivity index (χ0v) is 17.1. The number of rotatable bonds is 0. The van der Waals surface area contributed by atoms with E-state index in [4.69, 9.17) is 0 Å². The van der Waals surface area contributed by atoms with Crippen LogP contribution in [0.25, 0.3) is 0 Å². The molecule has 0 aromatic carbocycles. The number of alkyl halides is 3. The minimum atomic E-state index is -4.06. The highest BCUT2D eigenvalue weighted by Gasteiger charge is 2.42. The highest BCUT2D eigenvalue weighted by molar-refractivity contribution is 4.82. The molecule has 0 aromatic heterocycles. The molecule has 0 radical (unpaired) electrons. The van der Waals surface area contributed by atoms with Crippen molar-refractivity contribution in [3.8, 4) is 0 Å². The predicted molar refractivity (Wildman–Crippen MR) is 94.2 cm³/mol. The van der Waals surface area contributed by atoms with Gasteiger partial charge in [0, 0.05) is 0 Å². The number of hydrogen-bond acceptors (Lipinski definition) is 0. The molecule has 0 spiro atoms. The van der Waals surface area contributed by atoms with Gasteiger partial charge in [-0.05, 0) is 29.6 Å². The van der Waals surface area contributed by atoms with Crippen molar-refractivity contribution in [2.45, 2.75) is 102 Å². The first-order valence-electron chi connectivity index (χ1n) is 8.26. The van der Waals surface area contributed by atoms with E-state index >= 15 is 0 Å². The van der Waals surface area contributed by atoms with Gasteiger partial charge in [-0.15, -0.1) is 0 Å². The molecular weight excluding hydrogens is 285 g/mol. The van der Waals surface area contributed by atoms with Gasteiger partial charge in [-0.2, -0.15) is 13.2 Å². The van der Waals surface area contributed by atoms with E-state index in [-0.39, 0.29) is 0 Å². The summed E-state index contributed by atoms with van der Waals surface area (Å²) in [5.41, 5.74) is -0.312. The van der Waals surface area contributed by atoms with E-state index in [1.54, 1.807) is 0 Å². The third kappa shape index (κ3) is 36.7. The minimum Gasteiger partial charge on any atom is -0.171 e. The van der Waals surface area contributed by atoms with E-state index in [0.29, 0.717) is 5.41 Å². The Hall–Kier alpha value is -0.210. The molecule has 0 aromatic rings. The van der Waals surface area contributed by atoms with E-state index in [1.807, 2.05) is 0 Å². The number of halogens is 3. The summed E-state index contributed by atoms with van der Waals surface area (Å²) in [6, 6.07) is 0. The Bertz CT molecular complexity index is 229. The minimum absolute atomic E-state index is 0.500. The molecule has 3 heteroatoms. The van der Waals surface area contributed by atoms with Crippen LogP contribution in [-0.2, 0) is 0 Å². The Kier molecular flexibility index (Phi) is 11.9. The average Bonchev–Trinajstić information content (AvgIpc) is 2.73. The molecule has 0 amide bonds. The van der Waals surface area contributed by atoms with Crippen LogP contribution < -0.4 is 0 Å². The molecule has 1 fully saturated rings. The fraction of sp³-hybridized carbons (Fsp3) is 1.00. The second-order valence-electron chi connectivity index (χ2n) is 10.1. The van der Waals surface area contributed by atoms with Gasteiger partial charge in [0.05, 0.1) is 5.41 Å². The molecule has 0 heterocycles. The molecule has 22 heavy (non-hydrogen) atoms. The third-order valence-electron chi connectivity index (χ3n) is 2.10. The average molecular weight is 327 g/mol. The van der Waals surface area contributed by atoms with Crippen molar-refractivity contribution in [2.24, 2.45) is 22.2 Å². The van der Waals surface area contributed by atoms with Gasteiger partial charge < -0.3 is 0 Å². The van der Waals surface area contributed by atoms with Crippen molar-refractivity contribution in [3.63, 3.8) is 0 Å². The van der Waals surface area contributed by atoms with E-state index < -0.39 is 11.6 Å². The quantitative estimate of drug-likeness (QED) is 0.421. The lowest BCUT2D eigenvalue weighted by Gasteiger charge is -2.21. The van der Waals surface area contributed by atoms with Crippen LogP contribution in [0.3, 0.4) is 0 Å². The zero-order chi connectivity index (χ0) is 19.0. The van der Waals surface area contributed by atoms with Crippen LogP contribution in [0.1, 0.15) is 95.9 Å². The van der Waals surface area contributed by atoms with E-state index in [9.17, 15) is 13.2 Å². The topological polar surface area (TPSA) is 0 Å². The van der Waals surface area contributed by atoms with Crippen molar-refractivity contribution in [3.05, 3.63) is 0 Å². The van der Waals surface area contributed by atoms with Gasteiger partial charge in [-0.25, -0.2) is 0 Å². The Morgan fingerprint density at radius 1 is 0.727 bits per heavy atom. The van der Waals surface area contributed by atoms with Gasteiger partial charge in [0.2, 0.25) is 0 Å². The molecule has 0 saturated heterocycles. The number of hydrogen-bond donors (Lipinski definition) is 0. The van der Waals surface area contributed by atoms with Crippen molar-refractivity contribution in [2.75, 3.05) is 0 Å². The maximum absolute atomic E-state index is 11.6. The first-order valence-corrected chi connectivity index (χ1v) is 8.26. The van der Waals surface area contributed by atoms with Crippen molar-refractivity contribution in [1.82, 2.24) is 0 Å². The molecule has 0 aliphatic heterocycles. The molecule has 1 saturated carbocycles.